The summed E-state index contributed by atoms with van der Waals surface area (Å²) < 4.78 is 76.3. The lowest BCUT2D eigenvalue weighted by Gasteiger charge is -2.18. The van der Waals surface area contributed by atoms with E-state index in [1.807, 2.05) is 0 Å². The molecule has 0 bridgehead atoms. The molecule has 12 heteroatoms. The van der Waals surface area contributed by atoms with Crippen LogP contribution in [-0.2, 0) is 6.54 Å². The molecular formula is C15H21F6IN4O. The molecule has 27 heavy (non-hydrogen) atoms. The van der Waals surface area contributed by atoms with Crippen molar-refractivity contribution >= 4 is 29.9 Å². The van der Waals surface area contributed by atoms with Gasteiger partial charge in [-0.1, -0.05) is 12.1 Å². The number of nitrogens with one attached hydrogen (secondary N) is 1. The summed E-state index contributed by atoms with van der Waals surface area (Å²) in [6.07, 6.45) is -8.54. The van der Waals surface area contributed by atoms with Crippen molar-refractivity contribution in [2.24, 2.45) is 10.7 Å². The van der Waals surface area contributed by atoms with Gasteiger partial charge in [-0.2, -0.15) is 13.2 Å². The van der Waals surface area contributed by atoms with Crippen LogP contribution in [0.4, 0.5) is 26.3 Å². The van der Waals surface area contributed by atoms with Gasteiger partial charge in [0.25, 0.3) is 0 Å². The summed E-state index contributed by atoms with van der Waals surface area (Å²) in [6.45, 7) is -0.264. The van der Waals surface area contributed by atoms with Gasteiger partial charge >= 0.3 is 12.5 Å². The van der Waals surface area contributed by atoms with Crippen LogP contribution in [0, 0.1) is 0 Å². The Kier molecular flexibility index (Phi) is 10.8. The maximum Gasteiger partial charge on any atom is 0.573 e. The number of hydrogen-bond donors (Lipinski definition) is 2. The van der Waals surface area contributed by atoms with E-state index >= 15 is 0 Å². The molecule has 0 fully saturated rings. The Balaban J connectivity index is 0.00000676. The van der Waals surface area contributed by atoms with E-state index in [-0.39, 0.29) is 48.8 Å². The zero-order chi connectivity index (χ0) is 19.8. The van der Waals surface area contributed by atoms with Crippen molar-refractivity contribution in [1.29, 1.82) is 0 Å². The first kappa shape index (κ1) is 25.6. The van der Waals surface area contributed by atoms with Crippen molar-refractivity contribution in [3.8, 4) is 5.75 Å². The van der Waals surface area contributed by atoms with Gasteiger partial charge in [0.05, 0.1) is 13.1 Å². The second kappa shape index (κ2) is 11.4. The van der Waals surface area contributed by atoms with Crippen molar-refractivity contribution in [2.45, 2.75) is 25.5 Å². The number of halogens is 7. The van der Waals surface area contributed by atoms with E-state index < -0.39 is 19.1 Å². The minimum Gasteiger partial charge on any atom is -0.406 e. The van der Waals surface area contributed by atoms with Crippen LogP contribution in [-0.4, -0.2) is 50.1 Å². The molecular weight excluding hydrogens is 493 g/mol. The molecule has 1 aromatic rings. The summed E-state index contributed by atoms with van der Waals surface area (Å²) in [5, 5.41) is 2.76. The Morgan fingerprint density at radius 3 is 2.26 bits per heavy atom. The quantitative estimate of drug-likeness (QED) is 0.184. The molecule has 156 valence electrons. The fourth-order valence-corrected chi connectivity index (χ4v) is 1.98. The lowest BCUT2D eigenvalue weighted by molar-refractivity contribution is -0.274. The fraction of sp³-hybridized carbons (Fsp3) is 0.533. The molecule has 0 aromatic heterocycles. The molecule has 0 aliphatic heterocycles. The topological polar surface area (TPSA) is 62.9 Å². The van der Waals surface area contributed by atoms with Gasteiger partial charge in [0, 0.05) is 6.54 Å². The zero-order valence-electron chi connectivity index (χ0n) is 14.4. The van der Waals surface area contributed by atoms with Crippen molar-refractivity contribution in [3.63, 3.8) is 0 Å². The summed E-state index contributed by atoms with van der Waals surface area (Å²) in [5.74, 6) is -0.238. The molecule has 1 rings (SSSR count). The Morgan fingerprint density at radius 1 is 1.15 bits per heavy atom. The summed E-state index contributed by atoms with van der Waals surface area (Å²) in [6, 6.07) is 5.17. The summed E-state index contributed by atoms with van der Waals surface area (Å²) >= 11 is 0. The number of alkyl halides is 6. The van der Waals surface area contributed by atoms with Gasteiger partial charge in [0.2, 0.25) is 0 Å². The van der Waals surface area contributed by atoms with Crippen LogP contribution in [0.5, 0.6) is 5.75 Å². The van der Waals surface area contributed by atoms with Crippen LogP contribution >= 0.6 is 24.0 Å². The Morgan fingerprint density at radius 2 is 1.74 bits per heavy atom. The van der Waals surface area contributed by atoms with Gasteiger partial charge in [0.15, 0.2) is 5.96 Å². The smallest absolute Gasteiger partial charge is 0.406 e. The van der Waals surface area contributed by atoms with Crippen LogP contribution < -0.4 is 15.8 Å². The number of aliphatic imine (C=N–C) groups is 1. The predicted octanol–water partition coefficient (Wildman–Crippen LogP) is 3.49. The van der Waals surface area contributed by atoms with E-state index in [1.54, 1.807) is 0 Å². The first-order valence-electron chi connectivity index (χ1n) is 7.58. The Hall–Kier alpha value is -1.44. The lowest BCUT2D eigenvalue weighted by Crippen LogP contribution is -2.36. The highest BCUT2D eigenvalue weighted by molar-refractivity contribution is 14.0. The van der Waals surface area contributed by atoms with Crippen LogP contribution in [0.1, 0.15) is 12.0 Å². The standard InChI is InChI=1S/C15H20F6N4O.HI/c1-25(10-14(16,17)18)8-2-7-23-13(22)24-9-11-3-5-12(6-4-11)26-15(19,20)21;/h3-6H,2,7-10H2,1H3,(H3,22,23,24);1H. The third kappa shape index (κ3) is 13.4. The number of benzene rings is 1. The number of ether oxygens (including phenoxy) is 1. The monoisotopic (exact) mass is 514 g/mol. The second-order valence-corrected chi connectivity index (χ2v) is 5.53. The van der Waals surface area contributed by atoms with Gasteiger partial charge in [-0.05, 0) is 37.7 Å². The molecule has 3 N–H and O–H groups in total. The highest BCUT2D eigenvalue weighted by Gasteiger charge is 2.31. The van der Waals surface area contributed by atoms with Crippen molar-refractivity contribution in [2.75, 3.05) is 26.7 Å². The Labute approximate surface area is 170 Å². The van der Waals surface area contributed by atoms with E-state index in [0.717, 1.165) is 4.90 Å². The molecule has 1 aromatic carbocycles. The van der Waals surface area contributed by atoms with Crippen LogP contribution in [0.3, 0.4) is 0 Å². The molecule has 5 nitrogen and oxygen atoms in total. The van der Waals surface area contributed by atoms with E-state index in [9.17, 15) is 26.3 Å². The Bertz CT molecular complexity index is 577. The van der Waals surface area contributed by atoms with Gasteiger partial charge in [-0.3, -0.25) is 4.90 Å². The third-order valence-electron chi connectivity index (χ3n) is 3.06. The second-order valence-electron chi connectivity index (χ2n) is 5.53. The van der Waals surface area contributed by atoms with Crippen LogP contribution in [0.15, 0.2) is 29.3 Å². The molecule has 0 saturated carbocycles. The molecule has 0 spiro atoms. The average molecular weight is 514 g/mol. The number of hydrogen-bond acceptors (Lipinski definition) is 3. The highest BCUT2D eigenvalue weighted by atomic mass is 127. The molecule has 0 atom stereocenters. The lowest BCUT2D eigenvalue weighted by atomic mass is 10.2. The third-order valence-corrected chi connectivity index (χ3v) is 3.06. The molecule has 0 aliphatic rings. The van der Waals surface area contributed by atoms with Crippen molar-refractivity contribution in [3.05, 3.63) is 29.8 Å². The van der Waals surface area contributed by atoms with Gasteiger partial charge in [-0.15, -0.1) is 37.1 Å². The highest BCUT2D eigenvalue weighted by Crippen LogP contribution is 2.22. The molecule has 0 heterocycles. The fourth-order valence-electron chi connectivity index (χ4n) is 1.98. The van der Waals surface area contributed by atoms with E-state index in [4.69, 9.17) is 5.73 Å². The van der Waals surface area contributed by atoms with Crippen molar-refractivity contribution < 1.29 is 31.1 Å². The normalized spacial score (nSPS) is 12.7. The average Bonchev–Trinajstić information content (AvgIpc) is 2.47. The van der Waals surface area contributed by atoms with Crippen LogP contribution in [0.25, 0.3) is 0 Å². The number of nitrogens with zero attached hydrogens (tertiary/aromatic N) is 2. The molecule has 0 unspecified atom stereocenters. The number of guanidine groups is 1. The molecule has 0 amide bonds. The van der Waals surface area contributed by atoms with Gasteiger partial charge < -0.3 is 15.8 Å². The maximum atomic E-state index is 12.2. The molecule has 0 aliphatic carbocycles. The van der Waals surface area contributed by atoms with E-state index in [1.165, 1.54) is 31.3 Å². The molecule has 0 radical (unpaired) electrons. The molecule has 0 saturated heterocycles. The minimum atomic E-state index is -4.75. The van der Waals surface area contributed by atoms with E-state index in [0.29, 0.717) is 18.5 Å². The maximum absolute atomic E-state index is 12.2. The predicted molar refractivity (Wildman–Crippen MR) is 100 cm³/mol. The first-order chi connectivity index (χ1) is 11.9. The number of rotatable bonds is 8. The SMILES string of the molecule is CN(CCCNC(N)=NCc1ccc(OC(F)(F)F)cc1)CC(F)(F)F.I. The zero-order valence-corrected chi connectivity index (χ0v) is 16.7. The summed E-state index contributed by atoms with van der Waals surface area (Å²) in [4.78, 5) is 5.15. The largest absolute Gasteiger partial charge is 0.573 e. The summed E-state index contributed by atoms with van der Waals surface area (Å²) in [7, 11) is 1.37. The number of nitrogens with two attached hydrogens (primary N) is 1. The summed E-state index contributed by atoms with van der Waals surface area (Å²) in [5.41, 5.74) is 6.24. The van der Waals surface area contributed by atoms with Gasteiger partial charge in [-0.25, -0.2) is 4.99 Å². The van der Waals surface area contributed by atoms with E-state index in [2.05, 4.69) is 15.0 Å². The van der Waals surface area contributed by atoms with Crippen molar-refractivity contribution in [1.82, 2.24) is 10.2 Å². The first-order valence-corrected chi connectivity index (χ1v) is 7.58. The minimum absolute atomic E-state index is 0. The van der Waals surface area contributed by atoms with Gasteiger partial charge in [0.1, 0.15) is 5.75 Å². The van der Waals surface area contributed by atoms with Crippen LogP contribution in [0.2, 0.25) is 0 Å².